The first kappa shape index (κ1) is 15.3. The van der Waals surface area contributed by atoms with Crippen LogP contribution in [0.3, 0.4) is 0 Å². The lowest BCUT2D eigenvalue weighted by molar-refractivity contribution is -0.145. The highest BCUT2D eigenvalue weighted by Crippen LogP contribution is 2.33. The number of rotatable bonds is 8. The second-order valence-electron chi connectivity index (χ2n) is 4.89. The van der Waals surface area contributed by atoms with E-state index < -0.39 is 30.4 Å². The maximum absolute atomic E-state index is 11.6. The van der Waals surface area contributed by atoms with Crippen LogP contribution in [0.25, 0.3) is 0 Å². The third-order valence-electron chi connectivity index (χ3n) is 3.12. The van der Waals surface area contributed by atoms with E-state index in [2.05, 4.69) is 10.6 Å². The topological polar surface area (TPSA) is 116 Å². The molecular formula is C12H20N2O5. The van der Waals surface area contributed by atoms with E-state index in [1.165, 1.54) is 12.8 Å². The Balaban J connectivity index is 2.41. The minimum Gasteiger partial charge on any atom is -0.481 e. The number of carbonyl (C=O) groups excluding carboxylic acids is 1. The minimum absolute atomic E-state index is 0.00627. The first-order valence-corrected chi connectivity index (χ1v) is 6.44. The molecule has 1 aliphatic carbocycles. The van der Waals surface area contributed by atoms with Gasteiger partial charge in [-0.3, -0.25) is 4.79 Å². The number of aliphatic carboxylic acids is 2. The molecule has 0 aromatic carbocycles. The third-order valence-corrected chi connectivity index (χ3v) is 3.12. The van der Waals surface area contributed by atoms with Gasteiger partial charge in [0.2, 0.25) is 0 Å². The molecule has 1 saturated carbocycles. The Bertz CT molecular complexity index is 354. The van der Waals surface area contributed by atoms with Gasteiger partial charge in [0.05, 0.1) is 6.42 Å². The number of hydrogen-bond acceptors (Lipinski definition) is 3. The first-order chi connectivity index (χ1) is 8.92. The lowest BCUT2D eigenvalue weighted by Crippen LogP contribution is -2.49. The van der Waals surface area contributed by atoms with Crippen LogP contribution in [-0.2, 0) is 9.59 Å². The maximum Gasteiger partial charge on any atom is 0.326 e. The summed E-state index contributed by atoms with van der Waals surface area (Å²) in [6, 6.07) is -2.02. The molecule has 7 heteroatoms. The fourth-order valence-corrected chi connectivity index (χ4v) is 1.84. The summed E-state index contributed by atoms with van der Waals surface area (Å²) < 4.78 is 0. The molecular weight excluding hydrogens is 252 g/mol. The fourth-order valence-electron chi connectivity index (χ4n) is 1.84. The van der Waals surface area contributed by atoms with Crippen molar-refractivity contribution in [2.45, 2.75) is 51.1 Å². The fraction of sp³-hybridized carbons (Fsp3) is 0.750. The molecule has 2 amide bonds. The summed E-state index contributed by atoms with van der Waals surface area (Å²) >= 11 is 0. The highest BCUT2D eigenvalue weighted by Gasteiger charge is 2.27. The van der Waals surface area contributed by atoms with E-state index in [4.69, 9.17) is 10.2 Å². The lowest BCUT2D eigenvalue weighted by atomic mass is 10.1. The summed E-state index contributed by atoms with van der Waals surface area (Å²) in [6.07, 6.45) is 3.37. The van der Waals surface area contributed by atoms with E-state index in [1.54, 1.807) is 0 Å². The van der Waals surface area contributed by atoms with Crippen LogP contribution < -0.4 is 10.6 Å². The third kappa shape index (κ3) is 6.08. The van der Waals surface area contributed by atoms with E-state index in [-0.39, 0.29) is 6.04 Å². The molecule has 0 heterocycles. The summed E-state index contributed by atoms with van der Waals surface area (Å²) in [5, 5.41) is 22.2. The van der Waals surface area contributed by atoms with Crippen LogP contribution in [0.5, 0.6) is 0 Å². The van der Waals surface area contributed by atoms with Crippen LogP contribution >= 0.6 is 0 Å². The Morgan fingerprint density at radius 3 is 2.26 bits per heavy atom. The number of hydrogen-bond donors (Lipinski definition) is 4. The number of carbonyl (C=O) groups is 3. The van der Waals surface area contributed by atoms with Crippen molar-refractivity contribution in [1.29, 1.82) is 0 Å². The highest BCUT2D eigenvalue weighted by molar-refractivity contribution is 5.86. The molecule has 108 valence electrons. The Morgan fingerprint density at radius 1 is 1.21 bits per heavy atom. The quantitative estimate of drug-likeness (QED) is 0.521. The summed E-state index contributed by atoms with van der Waals surface area (Å²) in [5.74, 6) is -1.97. The molecule has 2 atom stereocenters. The Kier molecular flexibility index (Phi) is 5.59. The van der Waals surface area contributed by atoms with Gasteiger partial charge >= 0.3 is 18.0 Å². The SMILES string of the molecule is CCC(CC1CC1)NC(=O)NC(CC(=O)O)C(=O)O. The van der Waals surface area contributed by atoms with Gasteiger partial charge in [-0.1, -0.05) is 19.8 Å². The Labute approximate surface area is 111 Å². The standard InChI is InChI=1S/C12H20N2O5/c1-2-8(5-7-3-4-7)13-12(19)14-9(11(17)18)6-10(15)16/h7-9H,2-6H2,1H3,(H,15,16)(H,17,18)(H2,13,14,19). The van der Waals surface area contributed by atoms with Gasteiger partial charge in [0, 0.05) is 6.04 Å². The van der Waals surface area contributed by atoms with E-state index in [0.29, 0.717) is 5.92 Å². The Morgan fingerprint density at radius 2 is 1.84 bits per heavy atom. The molecule has 0 saturated heterocycles. The number of carboxylic acids is 2. The van der Waals surface area contributed by atoms with Crippen molar-refractivity contribution in [2.24, 2.45) is 5.92 Å². The summed E-state index contributed by atoms with van der Waals surface area (Å²) in [5.41, 5.74) is 0. The van der Waals surface area contributed by atoms with E-state index in [9.17, 15) is 14.4 Å². The number of urea groups is 1. The zero-order valence-electron chi connectivity index (χ0n) is 10.9. The molecule has 7 nitrogen and oxygen atoms in total. The van der Waals surface area contributed by atoms with Gasteiger partial charge in [-0.2, -0.15) is 0 Å². The Hall–Kier alpha value is -1.79. The monoisotopic (exact) mass is 272 g/mol. The minimum atomic E-state index is -1.41. The molecule has 0 aromatic heterocycles. The zero-order chi connectivity index (χ0) is 14.4. The number of amides is 2. The van der Waals surface area contributed by atoms with E-state index in [1.807, 2.05) is 6.92 Å². The van der Waals surface area contributed by atoms with Crippen LogP contribution in [0.15, 0.2) is 0 Å². The highest BCUT2D eigenvalue weighted by atomic mass is 16.4. The molecule has 0 radical (unpaired) electrons. The van der Waals surface area contributed by atoms with Crippen LogP contribution in [-0.4, -0.2) is 40.3 Å². The van der Waals surface area contributed by atoms with E-state index >= 15 is 0 Å². The van der Waals surface area contributed by atoms with Crippen LogP contribution in [0, 0.1) is 5.92 Å². The average molecular weight is 272 g/mol. The van der Waals surface area contributed by atoms with Crippen molar-refractivity contribution in [3.63, 3.8) is 0 Å². The van der Waals surface area contributed by atoms with Gasteiger partial charge in [-0.15, -0.1) is 0 Å². The predicted octanol–water partition coefficient (Wildman–Crippen LogP) is 0.792. The lowest BCUT2D eigenvalue weighted by Gasteiger charge is -2.19. The summed E-state index contributed by atoms with van der Waals surface area (Å²) in [4.78, 5) is 32.9. The van der Waals surface area contributed by atoms with Crippen molar-refractivity contribution in [2.75, 3.05) is 0 Å². The molecule has 19 heavy (non-hydrogen) atoms. The molecule has 0 spiro atoms. The van der Waals surface area contributed by atoms with Crippen LogP contribution in [0.2, 0.25) is 0 Å². The molecule has 1 fully saturated rings. The van der Waals surface area contributed by atoms with Gasteiger partial charge < -0.3 is 20.8 Å². The molecule has 1 aliphatic rings. The van der Waals surface area contributed by atoms with Gasteiger partial charge in [-0.05, 0) is 18.8 Å². The van der Waals surface area contributed by atoms with Crippen molar-refractivity contribution < 1.29 is 24.6 Å². The van der Waals surface area contributed by atoms with Gasteiger partial charge in [0.15, 0.2) is 0 Å². The molecule has 2 unspecified atom stereocenters. The molecule has 0 aromatic rings. The summed E-state index contributed by atoms with van der Waals surface area (Å²) in [7, 11) is 0. The first-order valence-electron chi connectivity index (χ1n) is 6.44. The molecule has 0 aliphatic heterocycles. The number of nitrogens with one attached hydrogen (secondary N) is 2. The maximum atomic E-state index is 11.6. The largest absolute Gasteiger partial charge is 0.481 e. The second-order valence-corrected chi connectivity index (χ2v) is 4.89. The van der Waals surface area contributed by atoms with Crippen molar-refractivity contribution in [3.8, 4) is 0 Å². The van der Waals surface area contributed by atoms with Gasteiger partial charge in [0.25, 0.3) is 0 Å². The van der Waals surface area contributed by atoms with Crippen LogP contribution in [0.1, 0.15) is 39.0 Å². The smallest absolute Gasteiger partial charge is 0.326 e. The molecule has 0 bridgehead atoms. The number of carboxylic acid groups (broad SMARTS) is 2. The van der Waals surface area contributed by atoms with Crippen molar-refractivity contribution in [3.05, 3.63) is 0 Å². The van der Waals surface area contributed by atoms with Gasteiger partial charge in [0.1, 0.15) is 6.04 Å². The van der Waals surface area contributed by atoms with Crippen LogP contribution in [0.4, 0.5) is 4.79 Å². The second kappa shape index (κ2) is 6.96. The van der Waals surface area contributed by atoms with E-state index in [0.717, 1.165) is 12.8 Å². The molecule has 1 rings (SSSR count). The molecule has 4 N–H and O–H groups in total. The van der Waals surface area contributed by atoms with Crippen molar-refractivity contribution >= 4 is 18.0 Å². The van der Waals surface area contributed by atoms with Crippen molar-refractivity contribution in [1.82, 2.24) is 10.6 Å². The zero-order valence-corrected chi connectivity index (χ0v) is 10.9. The summed E-state index contributed by atoms with van der Waals surface area (Å²) in [6.45, 7) is 1.94. The predicted molar refractivity (Wildman–Crippen MR) is 66.8 cm³/mol. The van der Waals surface area contributed by atoms with Gasteiger partial charge in [-0.25, -0.2) is 9.59 Å². The normalized spacial score (nSPS) is 17.3. The average Bonchev–Trinajstić information content (AvgIpc) is 3.10.